The number of nitrogens with one attached hydrogen (secondary N) is 1. The Morgan fingerprint density at radius 2 is 1.14 bits per heavy atom. The Kier molecular flexibility index (Phi) is 15.0. The number of carbonyl (C=O) groups is 3. The van der Waals surface area contributed by atoms with Crippen LogP contribution < -0.4 is 5.32 Å². The molecule has 10 nitrogen and oxygen atoms in total. The molecule has 0 radical (unpaired) electrons. The predicted molar refractivity (Wildman–Crippen MR) is 242 cm³/mol. The Hall–Kier alpha value is -6.39. The van der Waals surface area contributed by atoms with E-state index in [2.05, 4.69) is 10.3 Å². The van der Waals surface area contributed by atoms with Gasteiger partial charge in [-0.1, -0.05) is 62.4 Å². The Morgan fingerprint density at radius 1 is 0.703 bits per heavy atom. The van der Waals surface area contributed by atoms with Gasteiger partial charge in [-0.25, -0.2) is 33.0 Å². The van der Waals surface area contributed by atoms with Crippen LogP contribution in [-0.4, -0.2) is 53.5 Å². The molecule has 1 amide bonds. The molecule has 4 aliphatic rings. The number of aliphatic hydroxyl groups excluding tert-OH is 1. The van der Waals surface area contributed by atoms with Crippen molar-refractivity contribution >= 4 is 35.3 Å². The quantitative estimate of drug-likeness (QED) is 0.0733. The van der Waals surface area contributed by atoms with Crippen LogP contribution in [0.5, 0.6) is 0 Å². The van der Waals surface area contributed by atoms with Gasteiger partial charge in [0.05, 0.1) is 0 Å². The van der Waals surface area contributed by atoms with Crippen molar-refractivity contribution in [3.63, 3.8) is 0 Å². The fourth-order valence-corrected chi connectivity index (χ4v) is 9.38. The number of aryl methyl sites for hydroxylation is 2. The molecule has 0 aromatic heterocycles. The highest BCUT2D eigenvalue weighted by atomic mass is 19.1. The highest BCUT2D eigenvalue weighted by molar-refractivity contribution is 6.22. The van der Waals surface area contributed by atoms with Crippen LogP contribution in [0.25, 0.3) is 33.4 Å². The second-order valence-electron chi connectivity index (χ2n) is 16.4. The van der Waals surface area contributed by atoms with Crippen LogP contribution in [0.15, 0.2) is 89.3 Å². The minimum absolute atomic E-state index is 0.0825. The zero-order valence-electron chi connectivity index (χ0n) is 37.4. The van der Waals surface area contributed by atoms with Gasteiger partial charge < -0.3 is 24.6 Å². The van der Waals surface area contributed by atoms with Gasteiger partial charge >= 0.3 is 18.0 Å². The molecule has 64 heavy (non-hydrogen) atoms. The van der Waals surface area contributed by atoms with Crippen LogP contribution >= 0.6 is 0 Å². The molecule has 2 heterocycles. The van der Waals surface area contributed by atoms with E-state index in [4.69, 9.17) is 19.0 Å². The summed E-state index contributed by atoms with van der Waals surface area (Å²) in [6.07, 6.45) is 8.53. The number of hydrogen-bond acceptors (Lipinski definition) is 9. The number of halogens is 2. The number of nitrogens with zero attached hydrogens (tertiary/aromatic N) is 1. The molecule has 12 heteroatoms. The first-order chi connectivity index (χ1) is 30.8. The third-order valence-electron chi connectivity index (χ3n) is 12.5. The summed E-state index contributed by atoms with van der Waals surface area (Å²) in [7, 11) is 0. The van der Waals surface area contributed by atoms with Gasteiger partial charge in [0, 0.05) is 13.1 Å². The largest absolute Gasteiger partial charge is 0.507 e. The van der Waals surface area contributed by atoms with Gasteiger partial charge in [-0.2, -0.15) is 0 Å². The maximum absolute atomic E-state index is 13.5. The van der Waals surface area contributed by atoms with Gasteiger partial charge in [0.1, 0.15) is 22.8 Å². The lowest BCUT2D eigenvalue weighted by atomic mass is 9.86. The first-order valence-corrected chi connectivity index (χ1v) is 22.2. The average Bonchev–Trinajstić information content (AvgIpc) is 4.06. The number of aliphatic imine (C=N–C) groups is 1. The van der Waals surface area contributed by atoms with Crippen LogP contribution in [0.2, 0.25) is 0 Å². The first kappa shape index (κ1) is 47.1. The Bertz CT molecular complexity index is 2510. The molecule has 2 aliphatic heterocycles. The van der Waals surface area contributed by atoms with E-state index >= 15 is 0 Å². The normalized spacial score (nSPS) is 16.8. The molecule has 336 valence electrons. The summed E-state index contributed by atoms with van der Waals surface area (Å²) < 4.78 is 44.2. The molecule has 0 saturated heterocycles. The molecule has 2 saturated carbocycles. The van der Waals surface area contributed by atoms with Crippen molar-refractivity contribution in [2.45, 2.75) is 117 Å². The number of hydrogen-bond donors (Lipinski definition) is 2. The number of isocyanates is 1. The minimum atomic E-state index is -0.888. The second kappa shape index (κ2) is 20.4. The number of benzene rings is 4. The van der Waals surface area contributed by atoms with E-state index in [1.807, 2.05) is 58.9 Å². The number of aliphatic hydroxyl groups is 1. The first-order valence-electron chi connectivity index (χ1n) is 22.2. The van der Waals surface area contributed by atoms with Gasteiger partial charge in [-0.05, 0) is 172 Å². The number of esters is 2. The zero-order chi connectivity index (χ0) is 46.2. The number of rotatable bonds is 9. The van der Waals surface area contributed by atoms with E-state index in [-0.39, 0.29) is 17.4 Å². The lowest BCUT2D eigenvalue weighted by Crippen LogP contribution is -2.33. The summed E-state index contributed by atoms with van der Waals surface area (Å²) in [5.41, 5.74) is 7.66. The molecule has 0 atom stereocenters. The van der Waals surface area contributed by atoms with E-state index in [0.717, 1.165) is 87.7 Å². The molecular weight excluding hydrogens is 819 g/mol. The number of carbonyl (C=O) groups excluding carboxylic acids is 4. The zero-order valence-corrected chi connectivity index (χ0v) is 37.4. The Morgan fingerprint density at radius 3 is 1.56 bits per heavy atom. The summed E-state index contributed by atoms with van der Waals surface area (Å²) in [5.74, 6) is -1.09. The Balaban J connectivity index is 0.000000194. The lowest BCUT2D eigenvalue weighted by molar-refractivity contribution is -0.147. The molecule has 0 unspecified atom stereocenters. The fourth-order valence-electron chi connectivity index (χ4n) is 9.38. The van der Waals surface area contributed by atoms with Crippen LogP contribution in [0, 0.1) is 25.5 Å². The SMILES string of the molecule is CCN=C=O.CCNC(=O)OC1=C(c2c(CC)ccc(-c3ccc(F)cc3)c2C)C(=O)OC12CCCC2.CCc1ccc(-c2ccc(F)cc2)c(C)c1C1=C(O)C2(CCCC2)OC1=O. The number of alkyl carbamates (subject to hydrolysis) is 1. The second-order valence-corrected chi connectivity index (χ2v) is 16.4. The summed E-state index contributed by atoms with van der Waals surface area (Å²) in [6, 6.07) is 20.5. The van der Waals surface area contributed by atoms with Crippen molar-refractivity contribution < 1.29 is 47.3 Å². The third kappa shape index (κ3) is 9.43. The van der Waals surface area contributed by atoms with Crippen LogP contribution in [0.4, 0.5) is 13.6 Å². The van der Waals surface area contributed by atoms with Crippen LogP contribution in [0.3, 0.4) is 0 Å². The molecule has 8 rings (SSSR count). The summed E-state index contributed by atoms with van der Waals surface area (Å²) in [4.78, 5) is 50.7. The van der Waals surface area contributed by atoms with Gasteiger partial charge in [0.15, 0.2) is 22.7 Å². The van der Waals surface area contributed by atoms with Crippen molar-refractivity contribution in [3.05, 3.63) is 129 Å². The molecule has 2 aliphatic carbocycles. The van der Waals surface area contributed by atoms with E-state index < -0.39 is 29.2 Å². The maximum Gasteiger partial charge on any atom is 0.412 e. The summed E-state index contributed by atoms with van der Waals surface area (Å²) >= 11 is 0. The molecule has 2 fully saturated rings. The monoisotopic (exact) mass is 874 g/mol. The predicted octanol–water partition coefficient (Wildman–Crippen LogP) is 11.5. The van der Waals surface area contributed by atoms with Crippen LogP contribution in [-0.2, 0) is 41.4 Å². The molecule has 2 N–H and O–H groups in total. The van der Waals surface area contributed by atoms with E-state index in [1.54, 1.807) is 31.2 Å². The van der Waals surface area contributed by atoms with E-state index in [9.17, 15) is 28.3 Å². The molecule has 4 aromatic carbocycles. The van der Waals surface area contributed by atoms with Gasteiger partial charge in [-0.3, -0.25) is 0 Å². The standard InChI is InChI=1S/C26H28FNO4.C23H23FO3.C3H5NO/c1-4-17-10-13-20(18-8-11-19(27)12-9-18)16(3)21(17)22-23(31-25(30)28-5-2)26(32-24(22)29)14-6-7-15-26;1-3-15-8-11-18(16-6-9-17(24)10-7-16)14(2)19(15)20-21(25)23(27-22(20)26)12-4-5-13-23;1-2-4-3-5/h8-13H,4-7,14-15H2,1-3H3,(H,28,30);6-11,25H,3-5,12-13H2,1-2H3;2H2,1H3. The molecular formula is C52H56F2N2O8. The summed E-state index contributed by atoms with van der Waals surface area (Å²) in [6.45, 7) is 12.5. The van der Waals surface area contributed by atoms with Crippen molar-refractivity contribution in [1.29, 1.82) is 0 Å². The lowest BCUT2D eigenvalue weighted by Gasteiger charge is -2.24. The molecule has 2 spiro atoms. The maximum atomic E-state index is 13.5. The van der Waals surface area contributed by atoms with Crippen molar-refractivity contribution in [2.24, 2.45) is 4.99 Å². The smallest absolute Gasteiger partial charge is 0.412 e. The third-order valence-corrected chi connectivity index (χ3v) is 12.5. The Labute approximate surface area is 373 Å². The van der Waals surface area contributed by atoms with Crippen molar-refractivity contribution in [3.8, 4) is 22.3 Å². The van der Waals surface area contributed by atoms with Gasteiger partial charge in [0.25, 0.3) is 0 Å². The average molecular weight is 875 g/mol. The fraction of sp³-hybridized carbons (Fsp3) is 0.385. The van der Waals surface area contributed by atoms with E-state index in [1.165, 1.54) is 30.3 Å². The number of ether oxygens (including phenoxy) is 3. The van der Waals surface area contributed by atoms with Gasteiger partial charge in [-0.15, -0.1) is 0 Å². The van der Waals surface area contributed by atoms with Crippen LogP contribution in [0.1, 0.15) is 112 Å². The van der Waals surface area contributed by atoms with Crippen molar-refractivity contribution in [1.82, 2.24) is 5.32 Å². The van der Waals surface area contributed by atoms with Gasteiger partial charge in [0.2, 0.25) is 6.08 Å². The topological polar surface area (TPSA) is 141 Å². The molecule has 0 bridgehead atoms. The minimum Gasteiger partial charge on any atom is -0.507 e. The van der Waals surface area contributed by atoms with E-state index in [0.29, 0.717) is 62.1 Å². The highest BCUT2D eigenvalue weighted by Gasteiger charge is 2.53. The number of amides is 1. The van der Waals surface area contributed by atoms with Crippen molar-refractivity contribution in [2.75, 3.05) is 13.1 Å². The highest BCUT2D eigenvalue weighted by Crippen LogP contribution is 2.51. The summed E-state index contributed by atoms with van der Waals surface area (Å²) in [5, 5.41) is 13.6. The molecule has 4 aromatic rings.